The quantitative estimate of drug-likeness (QED) is 0.635. The molecule has 80 valence electrons. The van der Waals surface area contributed by atoms with E-state index in [9.17, 15) is 0 Å². The molecule has 0 spiro atoms. The maximum atomic E-state index is 5.56. The molecule has 0 radical (unpaired) electrons. The molecule has 2 aromatic heterocycles. The molecule has 0 aliphatic carbocycles. The second-order valence-electron chi connectivity index (χ2n) is 3.28. The van der Waals surface area contributed by atoms with Gasteiger partial charge in [-0.1, -0.05) is 6.07 Å². The first-order valence-corrected chi connectivity index (χ1v) is 6.40. The molecule has 3 N–H and O–H groups in total. The zero-order valence-corrected chi connectivity index (χ0v) is 10.1. The van der Waals surface area contributed by atoms with Crippen molar-refractivity contribution in [3.63, 3.8) is 0 Å². The Labute approximate surface area is 96.9 Å². The second kappa shape index (κ2) is 4.85. The van der Waals surface area contributed by atoms with E-state index in [1.807, 2.05) is 13.1 Å². The van der Waals surface area contributed by atoms with Gasteiger partial charge in [0.05, 0.1) is 11.0 Å². The molecule has 0 aliphatic rings. The number of hydrogen-bond donors (Lipinski definition) is 2. The van der Waals surface area contributed by atoms with Gasteiger partial charge in [-0.25, -0.2) is 4.98 Å². The van der Waals surface area contributed by atoms with Gasteiger partial charge in [-0.05, 0) is 18.4 Å². The summed E-state index contributed by atoms with van der Waals surface area (Å²) in [7, 11) is 0. The number of aromatic nitrogens is 1. The van der Waals surface area contributed by atoms with Crippen LogP contribution in [0.1, 0.15) is 20.8 Å². The monoisotopic (exact) mass is 239 g/mol. The predicted octanol–water partition coefficient (Wildman–Crippen LogP) is 2.26. The number of thiophene rings is 1. The fraction of sp³-hybridized carbons (Fsp3) is 0.300. The van der Waals surface area contributed by atoms with E-state index in [-0.39, 0.29) is 6.04 Å². The summed E-state index contributed by atoms with van der Waals surface area (Å²) in [4.78, 5) is 6.78. The Balaban J connectivity index is 2.11. The molecule has 0 saturated heterocycles. The third-order valence-corrected chi connectivity index (χ3v) is 4.09. The van der Waals surface area contributed by atoms with Crippen molar-refractivity contribution < 1.29 is 0 Å². The molecule has 3 nitrogen and oxygen atoms in total. The first-order chi connectivity index (χ1) is 7.29. The zero-order chi connectivity index (χ0) is 10.7. The van der Waals surface area contributed by atoms with Crippen LogP contribution >= 0.6 is 22.7 Å². The summed E-state index contributed by atoms with van der Waals surface area (Å²) in [6.07, 6.45) is 2.83. The first kappa shape index (κ1) is 10.8. The number of rotatable bonds is 4. The minimum absolute atomic E-state index is 0.176. The van der Waals surface area contributed by atoms with Gasteiger partial charge in [-0.3, -0.25) is 11.3 Å². The molecule has 2 heterocycles. The van der Waals surface area contributed by atoms with Crippen molar-refractivity contribution in [1.29, 1.82) is 0 Å². The van der Waals surface area contributed by atoms with Gasteiger partial charge in [-0.15, -0.1) is 22.7 Å². The zero-order valence-electron chi connectivity index (χ0n) is 8.43. The lowest BCUT2D eigenvalue weighted by molar-refractivity contribution is 0.563. The number of thiazole rings is 1. The fourth-order valence-electron chi connectivity index (χ4n) is 1.41. The Bertz CT molecular complexity index is 408. The highest BCUT2D eigenvalue weighted by Crippen LogP contribution is 2.24. The Morgan fingerprint density at radius 3 is 3.00 bits per heavy atom. The number of nitrogens with two attached hydrogens (primary N) is 1. The van der Waals surface area contributed by atoms with Crippen molar-refractivity contribution in [2.45, 2.75) is 19.4 Å². The summed E-state index contributed by atoms with van der Waals surface area (Å²) in [5, 5.41) is 3.16. The lowest BCUT2D eigenvalue weighted by Gasteiger charge is -2.11. The van der Waals surface area contributed by atoms with Crippen molar-refractivity contribution in [2.24, 2.45) is 5.84 Å². The summed E-state index contributed by atoms with van der Waals surface area (Å²) >= 11 is 3.45. The van der Waals surface area contributed by atoms with E-state index in [1.54, 1.807) is 22.7 Å². The van der Waals surface area contributed by atoms with Gasteiger partial charge in [-0.2, -0.15) is 0 Å². The van der Waals surface area contributed by atoms with Gasteiger partial charge in [0.25, 0.3) is 0 Å². The van der Waals surface area contributed by atoms with Gasteiger partial charge in [0.15, 0.2) is 0 Å². The van der Waals surface area contributed by atoms with Gasteiger partial charge in [0.1, 0.15) is 0 Å². The van der Waals surface area contributed by atoms with E-state index in [1.165, 1.54) is 9.75 Å². The second-order valence-corrected chi connectivity index (χ2v) is 5.58. The van der Waals surface area contributed by atoms with E-state index >= 15 is 0 Å². The largest absolute Gasteiger partial charge is 0.271 e. The number of hydrazine groups is 1. The van der Waals surface area contributed by atoms with Crippen LogP contribution in [-0.2, 0) is 6.42 Å². The van der Waals surface area contributed by atoms with Crippen LogP contribution in [0.3, 0.4) is 0 Å². The highest BCUT2D eigenvalue weighted by atomic mass is 32.1. The van der Waals surface area contributed by atoms with Crippen LogP contribution in [0.4, 0.5) is 0 Å². The molecule has 2 rings (SSSR count). The minimum Gasteiger partial charge on any atom is -0.271 e. The van der Waals surface area contributed by atoms with Gasteiger partial charge in [0, 0.05) is 22.4 Å². The molecule has 5 heteroatoms. The average molecular weight is 239 g/mol. The Morgan fingerprint density at radius 1 is 1.60 bits per heavy atom. The highest BCUT2D eigenvalue weighted by molar-refractivity contribution is 7.11. The molecule has 1 atom stereocenters. The number of hydrogen-bond acceptors (Lipinski definition) is 5. The van der Waals surface area contributed by atoms with E-state index in [4.69, 9.17) is 5.84 Å². The number of aryl methyl sites for hydroxylation is 1. The van der Waals surface area contributed by atoms with Crippen LogP contribution in [0.15, 0.2) is 23.7 Å². The summed E-state index contributed by atoms with van der Waals surface area (Å²) in [6.45, 7) is 2.01. The minimum atomic E-state index is 0.176. The molecular weight excluding hydrogens is 226 g/mol. The van der Waals surface area contributed by atoms with Crippen molar-refractivity contribution in [2.75, 3.05) is 0 Å². The number of nitrogens with one attached hydrogen (secondary N) is 1. The van der Waals surface area contributed by atoms with Crippen LogP contribution in [0.2, 0.25) is 0 Å². The van der Waals surface area contributed by atoms with Crippen LogP contribution in [0.25, 0.3) is 0 Å². The average Bonchev–Trinajstić information content (AvgIpc) is 2.85. The lowest BCUT2D eigenvalue weighted by atomic mass is 10.2. The lowest BCUT2D eigenvalue weighted by Crippen LogP contribution is -2.28. The van der Waals surface area contributed by atoms with Crippen molar-refractivity contribution in [3.8, 4) is 0 Å². The topological polar surface area (TPSA) is 50.9 Å². The van der Waals surface area contributed by atoms with Crippen molar-refractivity contribution in [3.05, 3.63) is 38.5 Å². The van der Waals surface area contributed by atoms with Crippen molar-refractivity contribution >= 4 is 22.7 Å². The molecule has 2 aromatic rings. The van der Waals surface area contributed by atoms with Crippen molar-refractivity contribution in [1.82, 2.24) is 10.4 Å². The first-order valence-electron chi connectivity index (χ1n) is 4.70. The van der Waals surface area contributed by atoms with E-state index in [2.05, 4.69) is 27.9 Å². The predicted molar refractivity (Wildman–Crippen MR) is 64.9 cm³/mol. The molecule has 15 heavy (non-hydrogen) atoms. The van der Waals surface area contributed by atoms with Crippen LogP contribution in [0.5, 0.6) is 0 Å². The van der Waals surface area contributed by atoms with Crippen LogP contribution in [-0.4, -0.2) is 4.98 Å². The Hall–Kier alpha value is -0.750. The molecule has 0 bridgehead atoms. The van der Waals surface area contributed by atoms with E-state index in [0.717, 1.165) is 11.4 Å². The normalized spacial score (nSPS) is 12.9. The maximum absolute atomic E-state index is 5.56. The van der Waals surface area contributed by atoms with Crippen LogP contribution < -0.4 is 11.3 Å². The maximum Gasteiger partial charge on any atom is 0.0897 e. The van der Waals surface area contributed by atoms with Gasteiger partial charge < -0.3 is 0 Å². The molecule has 0 aromatic carbocycles. The molecule has 1 unspecified atom stereocenters. The Morgan fingerprint density at radius 2 is 2.47 bits per heavy atom. The summed E-state index contributed by atoms with van der Waals surface area (Å²) in [6, 6.07) is 4.36. The van der Waals surface area contributed by atoms with Crippen LogP contribution in [0, 0.1) is 6.92 Å². The summed E-state index contributed by atoms with van der Waals surface area (Å²) in [5.41, 5.74) is 2.85. The molecular formula is C10H13N3S2. The summed E-state index contributed by atoms with van der Waals surface area (Å²) < 4.78 is 0. The number of nitrogens with zero attached hydrogens (tertiary/aromatic N) is 1. The highest BCUT2D eigenvalue weighted by Gasteiger charge is 2.13. The van der Waals surface area contributed by atoms with Gasteiger partial charge in [0.2, 0.25) is 0 Å². The fourth-order valence-corrected chi connectivity index (χ4v) is 3.01. The van der Waals surface area contributed by atoms with E-state index in [0.29, 0.717) is 0 Å². The Kier molecular flexibility index (Phi) is 3.48. The third kappa shape index (κ3) is 2.63. The standard InChI is InChI=1S/C10H13N3S2/c1-7-12-6-10(15-7)9(13-11)5-8-3-2-4-14-8/h2-4,6,9,13H,5,11H2,1H3. The summed E-state index contributed by atoms with van der Waals surface area (Å²) in [5.74, 6) is 5.56. The molecule has 0 aliphatic heterocycles. The third-order valence-electron chi connectivity index (χ3n) is 2.17. The SMILES string of the molecule is Cc1ncc(C(Cc2cccs2)NN)s1. The van der Waals surface area contributed by atoms with E-state index < -0.39 is 0 Å². The molecule has 0 amide bonds. The van der Waals surface area contributed by atoms with Gasteiger partial charge >= 0.3 is 0 Å². The molecule has 0 fully saturated rings. The molecule has 0 saturated carbocycles. The smallest absolute Gasteiger partial charge is 0.0897 e.